The Kier molecular flexibility index (Phi) is 3.55. The predicted octanol–water partition coefficient (Wildman–Crippen LogP) is 3.26. The third-order valence-corrected chi connectivity index (χ3v) is 2.85. The van der Waals surface area contributed by atoms with E-state index in [1.807, 2.05) is 60.7 Å². The van der Waals surface area contributed by atoms with E-state index in [1.54, 1.807) is 12.4 Å². The minimum absolute atomic E-state index is 0.949. The molecule has 2 heterocycles. The van der Waals surface area contributed by atoms with Gasteiger partial charge in [-0.3, -0.25) is 0 Å². The molecule has 4 aromatic rings. The summed E-state index contributed by atoms with van der Waals surface area (Å²) in [4.78, 5) is 0. The van der Waals surface area contributed by atoms with Crippen LogP contribution in [-0.4, -0.2) is 20.4 Å². The van der Waals surface area contributed by atoms with Gasteiger partial charge in [0.2, 0.25) is 0 Å². The molecule has 2 aromatic carbocycles. The van der Waals surface area contributed by atoms with Crippen molar-refractivity contribution in [1.82, 2.24) is 20.4 Å². The van der Waals surface area contributed by atoms with E-state index in [-0.39, 0.29) is 0 Å². The number of hydrogen-bond donors (Lipinski definition) is 0. The summed E-state index contributed by atoms with van der Waals surface area (Å²) in [5, 5.41) is 17.7. The van der Waals surface area contributed by atoms with Crippen LogP contribution in [0.15, 0.2) is 73.1 Å². The number of hydrogen-bond acceptors (Lipinski definition) is 4. The smallest absolute Gasteiger partial charge is 0.0929 e. The molecule has 0 saturated carbocycles. The Morgan fingerprint density at radius 2 is 0.950 bits per heavy atom. The fourth-order valence-corrected chi connectivity index (χ4v) is 1.86. The minimum atomic E-state index is 0.949. The molecule has 4 nitrogen and oxygen atoms in total. The lowest BCUT2D eigenvalue weighted by atomic mass is 10.2. The van der Waals surface area contributed by atoms with Gasteiger partial charge < -0.3 is 0 Å². The predicted molar refractivity (Wildman–Crippen MR) is 79.1 cm³/mol. The summed E-state index contributed by atoms with van der Waals surface area (Å²) in [6, 6.07) is 19.7. The summed E-state index contributed by atoms with van der Waals surface area (Å²) in [5.41, 5.74) is 1.90. The molecule has 4 rings (SSSR count). The Morgan fingerprint density at radius 1 is 0.500 bits per heavy atom. The Morgan fingerprint density at radius 3 is 1.40 bits per heavy atom. The van der Waals surface area contributed by atoms with Crippen molar-refractivity contribution >= 4 is 21.8 Å². The van der Waals surface area contributed by atoms with E-state index in [0.717, 1.165) is 21.8 Å². The van der Waals surface area contributed by atoms with E-state index >= 15 is 0 Å². The van der Waals surface area contributed by atoms with E-state index in [0.29, 0.717) is 0 Å². The summed E-state index contributed by atoms with van der Waals surface area (Å²) in [7, 11) is 0. The highest BCUT2D eigenvalue weighted by Crippen LogP contribution is 2.07. The molecule has 0 atom stereocenters. The monoisotopic (exact) mass is 260 g/mol. The molecule has 0 aliphatic heterocycles. The van der Waals surface area contributed by atoms with Gasteiger partial charge >= 0.3 is 0 Å². The van der Waals surface area contributed by atoms with E-state index in [4.69, 9.17) is 0 Å². The second-order valence-electron chi connectivity index (χ2n) is 4.18. The average Bonchev–Trinajstić information content (AvgIpc) is 2.56. The van der Waals surface area contributed by atoms with Gasteiger partial charge in [0.25, 0.3) is 0 Å². The molecule has 0 aliphatic carbocycles. The zero-order valence-electron chi connectivity index (χ0n) is 10.7. The van der Waals surface area contributed by atoms with Crippen molar-refractivity contribution in [1.29, 1.82) is 0 Å². The maximum absolute atomic E-state index is 3.93. The topological polar surface area (TPSA) is 51.6 Å². The van der Waals surface area contributed by atoms with Gasteiger partial charge in [0.05, 0.1) is 23.4 Å². The van der Waals surface area contributed by atoms with Gasteiger partial charge in [0, 0.05) is 10.8 Å². The standard InChI is InChI=1S/2C8H6N2/c2*1-2-4-8-7(3-1)5-6-9-10-8/h2*1-6H. The van der Waals surface area contributed by atoms with Crippen LogP contribution in [0.5, 0.6) is 0 Å². The lowest BCUT2D eigenvalue weighted by Crippen LogP contribution is -1.79. The number of aromatic nitrogens is 4. The Bertz CT molecular complexity index is 628. The van der Waals surface area contributed by atoms with E-state index < -0.39 is 0 Å². The van der Waals surface area contributed by atoms with Gasteiger partial charge in [-0.05, 0) is 24.3 Å². The van der Waals surface area contributed by atoms with Gasteiger partial charge in [-0.1, -0.05) is 36.4 Å². The lowest BCUT2D eigenvalue weighted by Gasteiger charge is -1.90. The molecular formula is C16H12N4. The number of fused-ring (bicyclic) bond motifs is 2. The largest absolute Gasteiger partial charge is 0.159 e. The van der Waals surface area contributed by atoms with Crippen molar-refractivity contribution in [2.24, 2.45) is 0 Å². The number of benzene rings is 2. The summed E-state index contributed by atoms with van der Waals surface area (Å²) in [5.74, 6) is 0. The average molecular weight is 260 g/mol. The summed E-state index contributed by atoms with van der Waals surface area (Å²) < 4.78 is 0. The molecule has 0 N–H and O–H groups in total. The molecule has 0 fully saturated rings. The maximum atomic E-state index is 3.93. The second-order valence-corrected chi connectivity index (χ2v) is 4.18. The fraction of sp³-hybridized carbons (Fsp3) is 0. The first-order chi connectivity index (χ1) is 9.93. The van der Waals surface area contributed by atoms with Crippen LogP contribution in [-0.2, 0) is 0 Å². The third-order valence-electron chi connectivity index (χ3n) is 2.85. The van der Waals surface area contributed by atoms with Crippen LogP contribution in [0.4, 0.5) is 0 Å². The summed E-state index contributed by atoms with van der Waals surface area (Å²) in [6.45, 7) is 0. The lowest BCUT2D eigenvalue weighted by molar-refractivity contribution is 1.08. The Labute approximate surface area is 116 Å². The minimum Gasteiger partial charge on any atom is -0.159 e. The zero-order chi connectivity index (χ0) is 13.6. The Balaban J connectivity index is 0.000000121. The molecule has 0 amide bonds. The molecule has 4 heteroatoms. The highest BCUT2D eigenvalue weighted by atomic mass is 15.1. The number of rotatable bonds is 0. The van der Waals surface area contributed by atoms with Crippen molar-refractivity contribution in [2.75, 3.05) is 0 Å². The van der Waals surface area contributed by atoms with Gasteiger partial charge in [0.1, 0.15) is 0 Å². The molecule has 96 valence electrons. The van der Waals surface area contributed by atoms with E-state index in [2.05, 4.69) is 20.4 Å². The van der Waals surface area contributed by atoms with Crippen LogP contribution < -0.4 is 0 Å². The summed E-state index contributed by atoms with van der Waals surface area (Å²) in [6.07, 6.45) is 3.39. The van der Waals surface area contributed by atoms with Crippen LogP contribution in [0, 0.1) is 0 Å². The Hall–Kier alpha value is -2.88. The van der Waals surface area contributed by atoms with Crippen molar-refractivity contribution in [3.8, 4) is 0 Å². The van der Waals surface area contributed by atoms with Crippen molar-refractivity contribution in [2.45, 2.75) is 0 Å². The van der Waals surface area contributed by atoms with Gasteiger partial charge in [0.15, 0.2) is 0 Å². The molecule has 0 saturated heterocycles. The third kappa shape index (κ3) is 2.75. The quantitative estimate of drug-likeness (QED) is 0.487. The SMILES string of the molecule is c1ccc2nnccc2c1.c1ccc2nnccc2c1. The first-order valence-electron chi connectivity index (χ1n) is 6.26. The van der Waals surface area contributed by atoms with Crippen molar-refractivity contribution in [3.05, 3.63) is 73.1 Å². The van der Waals surface area contributed by atoms with Gasteiger partial charge in [-0.25, -0.2) is 0 Å². The van der Waals surface area contributed by atoms with Crippen LogP contribution in [0.25, 0.3) is 21.8 Å². The second kappa shape index (κ2) is 5.84. The zero-order valence-corrected chi connectivity index (χ0v) is 10.7. The molecule has 0 spiro atoms. The fourth-order valence-electron chi connectivity index (χ4n) is 1.86. The van der Waals surface area contributed by atoms with Crippen LogP contribution in [0.2, 0.25) is 0 Å². The molecule has 2 aromatic heterocycles. The van der Waals surface area contributed by atoms with Gasteiger partial charge in [-0.2, -0.15) is 20.4 Å². The molecule has 0 radical (unpaired) electrons. The molecule has 0 bridgehead atoms. The van der Waals surface area contributed by atoms with Crippen LogP contribution in [0.1, 0.15) is 0 Å². The molecule has 0 aliphatic rings. The molecule has 20 heavy (non-hydrogen) atoms. The van der Waals surface area contributed by atoms with Crippen LogP contribution in [0.3, 0.4) is 0 Å². The maximum Gasteiger partial charge on any atom is 0.0929 e. The normalized spacial score (nSPS) is 10.0. The van der Waals surface area contributed by atoms with Crippen molar-refractivity contribution in [3.63, 3.8) is 0 Å². The summed E-state index contributed by atoms with van der Waals surface area (Å²) >= 11 is 0. The first kappa shape index (κ1) is 12.2. The van der Waals surface area contributed by atoms with E-state index in [1.165, 1.54) is 0 Å². The molecule has 0 unspecified atom stereocenters. The molecular weight excluding hydrogens is 248 g/mol. The van der Waals surface area contributed by atoms with Crippen molar-refractivity contribution < 1.29 is 0 Å². The van der Waals surface area contributed by atoms with E-state index in [9.17, 15) is 0 Å². The van der Waals surface area contributed by atoms with Gasteiger partial charge in [-0.15, -0.1) is 0 Å². The first-order valence-corrected chi connectivity index (χ1v) is 6.26. The number of nitrogens with zero attached hydrogens (tertiary/aromatic N) is 4. The van der Waals surface area contributed by atoms with Crippen LogP contribution >= 0.6 is 0 Å². The highest BCUT2D eigenvalue weighted by molar-refractivity contribution is 5.77. The highest BCUT2D eigenvalue weighted by Gasteiger charge is 1.88.